The lowest BCUT2D eigenvalue weighted by Gasteiger charge is -2.05. The molecule has 1 unspecified atom stereocenters. The highest BCUT2D eigenvalue weighted by atomic mass is 31.2. The van der Waals surface area contributed by atoms with Crippen LogP contribution in [0.1, 0.15) is 20.3 Å². The van der Waals surface area contributed by atoms with E-state index in [9.17, 15) is 8.76 Å². The summed E-state index contributed by atoms with van der Waals surface area (Å²) in [6.45, 7) is 5.24. The van der Waals surface area contributed by atoms with Crippen LogP contribution in [-0.4, -0.2) is 13.3 Å². The molecule has 10 heavy (non-hydrogen) atoms. The van der Waals surface area contributed by atoms with Crippen LogP contribution in [0.4, 0.5) is 4.20 Å². The van der Waals surface area contributed by atoms with E-state index in [0.717, 1.165) is 13.1 Å². The van der Waals surface area contributed by atoms with Crippen LogP contribution in [0, 0.1) is 5.92 Å². The van der Waals surface area contributed by atoms with Gasteiger partial charge in [0.15, 0.2) is 0 Å². The molecule has 2 nitrogen and oxygen atoms in total. The van der Waals surface area contributed by atoms with Crippen LogP contribution >= 0.6 is 7.68 Å². The van der Waals surface area contributed by atoms with Crippen LogP contribution in [0.3, 0.4) is 0 Å². The average molecular weight is 168 g/mol. The zero-order chi connectivity index (χ0) is 8.20. The highest BCUT2D eigenvalue weighted by molar-refractivity contribution is 7.52. The lowest BCUT2D eigenvalue weighted by Crippen LogP contribution is -1.94. The molecule has 0 amide bonds. The van der Waals surface area contributed by atoms with Gasteiger partial charge in [0, 0.05) is 6.66 Å². The summed E-state index contributed by atoms with van der Waals surface area (Å²) >= 11 is 0. The largest absolute Gasteiger partial charge is 0.364 e. The van der Waals surface area contributed by atoms with E-state index in [1.165, 1.54) is 0 Å². The Morgan fingerprint density at radius 3 is 2.40 bits per heavy atom. The Morgan fingerprint density at radius 2 is 2.10 bits per heavy atom. The molecule has 0 fully saturated rings. The van der Waals surface area contributed by atoms with Gasteiger partial charge in [0.05, 0.1) is 6.61 Å². The van der Waals surface area contributed by atoms with Gasteiger partial charge < -0.3 is 4.52 Å². The number of hydrogen-bond donors (Lipinski definition) is 0. The van der Waals surface area contributed by atoms with Crippen molar-refractivity contribution in [3.63, 3.8) is 0 Å². The molecular formula is C6H14FO2P. The molecule has 0 N–H and O–H groups in total. The Bertz CT molecular complexity index is 130. The molecule has 0 heterocycles. The van der Waals surface area contributed by atoms with Crippen molar-refractivity contribution < 1.29 is 13.3 Å². The predicted octanol–water partition coefficient (Wildman–Crippen LogP) is 2.84. The van der Waals surface area contributed by atoms with Crippen LogP contribution in [0.15, 0.2) is 0 Å². The molecule has 4 heteroatoms. The van der Waals surface area contributed by atoms with Crippen molar-refractivity contribution in [3.8, 4) is 0 Å². The smallest absolute Gasteiger partial charge is 0.306 e. The van der Waals surface area contributed by atoms with Gasteiger partial charge in [0.25, 0.3) is 0 Å². The minimum Gasteiger partial charge on any atom is -0.306 e. The van der Waals surface area contributed by atoms with Crippen molar-refractivity contribution in [2.75, 3.05) is 13.3 Å². The molecule has 0 aromatic rings. The van der Waals surface area contributed by atoms with Gasteiger partial charge in [-0.2, -0.15) is 4.20 Å². The van der Waals surface area contributed by atoms with Gasteiger partial charge in [0.2, 0.25) is 0 Å². The van der Waals surface area contributed by atoms with Gasteiger partial charge in [-0.15, -0.1) is 0 Å². The zero-order valence-electron chi connectivity index (χ0n) is 6.63. The highest BCUT2D eigenvalue weighted by Gasteiger charge is 2.11. The second-order valence-corrected chi connectivity index (χ2v) is 4.51. The first-order valence-electron chi connectivity index (χ1n) is 3.33. The second kappa shape index (κ2) is 4.09. The fourth-order valence-electron chi connectivity index (χ4n) is 0.451. The third-order valence-corrected chi connectivity index (χ3v) is 1.66. The lowest BCUT2D eigenvalue weighted by molar-refractivity contribution is 0.270. The molecule has 0 aliphatic rings. The van der Waals surface area contributed by atoms with Gasteiger partial charge in [-0.05, 0) is 12.3 Å². The van der Waals surface area contributed by atoms with Gasteiger partial charge in [-0.1, -0.05) is 13.8 Å². The Kier molecular flexibility index (Phi) is 4.14. The molecule has 0 aliphatic heterocycles. The summed E-state index contributed by atoms with van der Waals surface area (Å²) < 4.78 is 26.9. The van der Waals surface area contributed by atoms with E-state index in [2.05, 4.69) is 4.52 Å². The summed E-state index contributed by atoms with van der Waals surface area (Å²) in [5.41, 5.74) is 0. The number of rotatable bonds is 4. The molecule has 0 rings (SSSR count). The van der Waals surface area contributed by atoms with E-state index >= 15 is 0 Å². The summed E-state index contributed by atoms with van der Waals surface area (Å²) in [5.74, 6) is 0.464. The molecule has 0 aromatic carbocycles. The van der Waals surface area contributed by atoms with Crippen molar-refractivity contribution >= 4 is 7.68 Å². The third kappa shape index (κ3) is 8.12. The highest BCUT2D eigenvalue weighted by Crippen LogP contribution is 2.43. The van der Waals surface area contributed by atoms with Crippen molar-refractivity contribution in [2.24, 2.45) is 5.92 Å². The zero-order valence-corrected chi connectivity index (χ0v) is 7.53. The molecule has 0 bridgehead atoms. The second-order valence-electron chi connectivity index (χ2n) is 2.76. The quantitative estimate of drug-likeness (QED) is 0.603. The van der Waals surface area contributed by atoms with E-state index in [-0.39, 0.29) is 6.61 Å². The first kappa shape index (κ1) is 10.1. The number of halogens is 1. The van der Waals surface area contributed by atoms with Crippen molar-refractivity contribution in [1.29, 1.82) is 0 Å². The van der Waals surface area contributed by atoms with Crippen molar-refractivity contribution in [2.45, 2.75) is 20.3 Å². The standard InChI is InChI=1S/C6H14FO2P/c1-6(2)4-5-9-10(3,7)8/h6H,4-5H2,1-3H3. The molecule has 0 saturated carbocycles. The fourth-order valence-corrected chi connectivity index (χ4v) is 0.883. The number of hydrogen-bond acceptors (Lipinski definition) is 2. The molecule has 0 aromatic heterocycles. The Labute approximate surface area is 61.3 Å². The summed E-state index contributed by atoms with van der Waals surface area (Å²) in [7, 11) is -3.72. The van der Waals surface area contributed by atoms with Gasteiger partial charge in [0.1, 0.15) is 0 Å². The average Bonchev–Trinajstić information content (AvgIpc) is 1.59. The minimum absolute atomic E-state index is 0.252. The van der Waals surface area contributed by atoms with Crippen LogP contribution < -0.4 is 0 Å². The lowest BCUT2D eigenvalue weighted by atomic mass is 10.2. The molecule has 0 spiro atoms. The molecule has 1 atom stereocenters. The van der Waals surface area contributed by atoms with E-state index < -0.39 is 7.68 Å². The predicted molar refractivity (Wildman–Crippen MR) is 40.0 cm³/mol. The summed E-state index contributed by atoms with van der Waals surface area (Å²) in [4.78, 5) is 0. The fraction of sp³-hybridized carbons (Fsp3) is 1.00. The normalized spacial score (nSPS) is 17.3. The summed E-state index contributed by atoms with van der Waals surface area (Å²) in [6, 6.07) is 0. The van der Waals surface area contributed by atoms with Crippen LogP contribution in [0.2, 0.25) is 0 Å². The molecule has 0 radical (unpaired) electrons. The monoisotopic (exact) mass is 168 g/mol. The van der Waals surface area contributed by atoms with Crippen molar-refractivity contribution in [1.82, 2.24) is 0 Å². The Morgan fingerprint density at radius 1 is 1.60 bits per heavy atom. The van der Waals surface area contributed by atoms with E-state index in [4.69, 9.17) is 0 Å². The maximum atomic E-state index is 12.2. The van der Waals surface area contributed by atoms with E-state index in [1.54, 1.807) is 0 Å². The minimum atomic E-state index is -3.72. The SMILES string of the molecule is CC(C)CCOP(C)(=O)F. The Balaban J connectivity index is 3.30. The molecule has 0 aliphatic carbocycles. The van der Waals surface area contributed by atoms with Gasteiger partial charge in [-0.3, -0.25) is 4.57 Å². The maximum absolute atomic E-state index is 12.2. The summed E-state index contributed by atoms with van der Waals surface area (Å²) in [5, 5.41) is 0. The topological polar surface area (TPSA) is 26.3 Å². The Hall–Kier alpha value is 0.120. The van der Waals surface area contributed by atoms with E-state index in [0.29, 0.717) is 5.92 Å². The third-order valence-electron chi connectivity index (χ3n) is 1.02. The van der Waals surface area contributed by atoms with Crippen LogP contribution in [0.25, 0.3) is 0 Å². The summed E-state index contributed by atoms with van der Waals surface area (Å²) in [6.07, 6.45) is 0.752. The van der Waals surface area contributed by atoms with Crippen LogP contribution in [0.5, 0.6) is 0 Å². The molecule has 62 valence electrons. The van der Waals surface area contributed by atoms with Gasteiger partial charge >= 0.3 is 7.68 Å². The first-order chi connectivity index (χ1) is 4.42. The van der Waals surface area contributed by atoms with Gasteiger partial charge in [-0.25, -0.2) is 0 Å². The van der Waals surface area contributed by atoms with E-state index in [1.807, 2.05) is 13.8 Å². The molecular weight excluding hydrogens is 154 g/mol. The van der Waals surface area contributed by atoms with Crippen molar-refractivity contribution in [3.05, 3.63) is 0 Å². The first-order valence-corrected chi connectivity index (χ1v) is 5.30. The molecule has 0 saturated heterocycles. The maximum Gasteiger partial charge on any atom is 0.364 e. The van der Waals surface area contributed by atoms with Crippen LogP contribution in [-0.2, 0) is 9.09 Å².